The first-order valence-corrected chi connectivity index (χ1v) is 15.6. The van der Waals surface area contributed by atoms with Crippen molar-refractivity contribution >= 4 is 61.3 Å². The van der Waals surface area contributed by atoms with Gasteiger partial charge in [-0.3, -0.25) is 9.59 Å². The summed E-state index contributed by atoms with van der Waals surface area (Å²) in [4.78, 5) is 49.5. The summed E-state index contributed by atoms with van der Waals surface area (Å²) in [5.74, 6) is 0.524. The van der Waals surface area contributed by atoms with Gasteiger partial charge in [-0.25, -0.2) is 4.79 Å². The van der Waals surface area contributed by atoms with Crippen LogP contribution in [0, 0.1) is 6.92 Å². The number of anilines is 2. The molecule has 1 saturated heterocycles. The molecule has 226 valence electrons. The fourth-order valence-electron chi connectivity index (χ4n) is 5.11. The van der Waals surface area contributed by atoms with Gasteiger partial charge >= 0.3 is 6.09 Å². The zero-order chi connectivity index (χ0) is 30.2. The Morgan fingerprint density at radius 1 is 1.21 bits per heavy atom. The molecule has 5 rings (SSSR count). The lowest BCUT2D eigenvalue weighted by Gasteiger charge is -2.37. The van der Waals surface area contributed by atoms with Crippen molar-refractivity contribution in [1.82, 2.24) is 24.1 Å². The molecule has 14 heteroatoms. The van der Waals surface area contributed by atoms with Gasteiger partial charge < -0.3 is 29.2 Å². The van der Waals surface area contributed by atoms with Crippen LogP contribution < -0.4 is 15.8 Å². The zero-order valence-electron chi connectivity index (χ0n) is 24.5. The molecule has 5 heterocycles. The second-order valence-corrected chi connectivity index (χ2v) is 13.4. The predicted octanol–water partition coefficient (Wildman–Crippen LogP) is 4.09. The molecule has 42 heavy (non-hydrogen) atoms. The van der Waals surface area contributed by atoms with E-state index in [9.17, 15) is 14.4 Å². The third-order valence-electron chi connectivity index (χ3n) is 7.02. The monoisotopic (exact) mass is 661 g/mol. The minimum absolute atomic E-state index is 0.0541. The number of carbonyl (C=O) groups excluding carboxylic acids is 2. The highest BCUT2D eigenvalue weighted by atomic mass is 79.9. The molecule has 2 aliphatic rings. The van der Waals surface area contributed by atoms with E-state index in [4.69, 9.17) is 14.5 Å². The lowest BCUT2D eigenvalue weighted by molar-refractivity contribution is -0.116. The smallest absolute Gasteiger partial charge is 0.410 e. The molecule has 0 bridgehead atoms. The Morgan fingerprint density at radius 3 is 2.55 bits per heavy atom. The molecule has 0 saturated carbocycles. The van der Waals surface area contributed by atoms with Crippen molar-refractivity contribution in [1.29, 1.82) is 0 Å². The van der Waals surface area contributed by atoms with Crippen molar-refractivity contribution in [2.24, 2.45) is 0 Å². The standard InChI is InChI=1S/C28H36BrN7O5S/c1-6-20-22(33-9-11-34(12-10-33)27(39)41-28(3,4)5)25(38)36-26(31-23(32-36)18-7-13-40-14-8-18)35(20)16-21(37)30-24-19(29)15-17(2)42-24/h7,15H,6,8-14,16H2,1-5H3,(H,30,37). The van der Waals surface area contributed by atoms with Crippen molar-refractivity contribution in [2.75, 3.05) is 49.6 Å². The van der Waals surface area contributed by atoms with Crippen LogP contribution in [0.5, 0.6) is 0 Å². The topological polar surface area (TPSA) is 123 Å². The van der Waals surface area contributed by atoms with Crippen molar-refractivity contribution in [3.63, 3.8) is 0 Å². The average molecular weight is 663 g/mol. The van der Waals surface area contributed by atoms with Gasteiger partial charge in [-0.1, -0.05) is 13.0 Å². The number of amides is 2. The number of aromatic nitrogens is 4. The molecule has 3 aromatic rings. The number of rotatable bonds is 6. The summed E-state index contributed by atoms with van der Waals surface area (Å²) >= 11 is 4.99. The molecule has 1 N–H and O–H groups in total. The van der Waals surface area contributed by atoms with Crippen LogP contribution in [0.2, 0.25) is 0 Å². The van der Waals surface area contributed by atoms with Crippen molar-refractivity contribution < 1.29 is 19.1 Å². The first-order chi connectivity index (χ1) is 19.9. The highest BCUT2D eigenvalue weighted by Gasteiger charge is 2.30. The molecule has 0 aromatic carbocycles. The third-order valence-corrected chi connectivity index (χ3v) is 8.88. The Hall–Kier alpha value is -3.23. The number of hydrogen-bond acceptors (Lipinski definition) is 9. The largest absolute Gasteiger partial charge is 0.444 e. The van der Waals surface area contributed by atoms with Gasteiger partial charge in [0.05, 0.1) is 23.4 Å². The minimum atomic E-state index is -0.592. The Balaban J connectivity index is 1.53. The van der Waals surface area contributed by atoms with Gasteiger partial charge in [0.1, 0.15) is 22.8 Å². The van der Waals surface area contributed by atoms with E-state index in [1.807, 2.05) is 51.7 Å². The van der Waals surface area contributed by atoms with Crippen LogP contribution >= 0.6 is 27.3 Å². The van der Waals surface area contributed by atoms with Crippen LogP contribution in [0.25, 0.3) is 11.4 Å². The van der Waals surface area contributed by atoms with E-state index in [1.54, 1.807) is 9.47 Å². The van der Waals surface area contributed by atoms with E-state index in [1.165, 1.54) is 15.9 Å². The molecule has 0 spiro atoms. The number of halogens is 1. The van der Waals surface area contributed by atoms with E-state index < -0.39 is 5.60 Å². The molecule has 2 aliphatic heterocycles. The van der Waals surface area contributed by atoms with Crippen LogP contribution in [0.3, 0.4) is 0 Å². The predicted molar refractivity (Wildman–Crippen MR) is 165 cm³/mol. The third kappa shape index (κ3) is 6.40. The quantitative estimate of drug-likeness (QED) is 0.419. The zero-order valence-corrected chi connectivity index (χ0v) is 26.9. The van der Waals surface area contributed by atoms with Gasteiger partial charge in [0.2, 0.25) is 11.7 Å². The van der Waals surface area contributed by atoms with Gasteiger partial charge in [0, 0.05) is 31.1 Å². The number of thiophene rings is 1. The molecule has 12 nitrogen and oxygen atoms in total. The number of fused-ring (bicyclic) bond motifs is 1. The summed E-state index contributed by atoms with van der Waals surface area (Å²) in [5.41, 5.74) is 1.17. The van der Waals surface area contributed by atoms with E-state index in [0.717, 1.165) is 19.9 Å². The first kappa shape index (κ1) is 30.2. The maximum Gasteiger partial charge on any atom is 0.410 e. The van der Waals surface area contributed by atoms with Crippen LogP contribution in [0.15, 0.2) is 21.4 Å². The second kappa shape index (κ2) is 12.2. The summed E-state index contributed by atoms with van der Waals surface area (Å²) in [7, 11) is 0. The van der Waals surface area contributed by atoms with Crippen molar-refractivity contribution in [3.8, 4) is 0 Å². The molecule has 0 unspecified atom stereocenters. The number of ether oxygens (including phenoxy) is 2. The highest BCUT2D eigenvalue weighted by Crippen LogP contribution is 2.32. The fraction of sp³-hybridized carbons (Fsp3) is 0.536. The maximum atomic E-state index is 14.0. The number of nitrogens with zero attached hydrogens (tertiary/aromatic N) is 6. The van der Waals surface area contributed by atoms with Crippen LogP contribution in [0.1, 0.15) is 50.5 Å². The van der Waals surface area contributed by atoms with E-state index in [-0.39, 0.29) is 24.1 Å². The van der Waals surface area contributed by atoms with Crippen molar-refractivity contribution in [3.05, 3.63) is 43.4 Å². The van der Waals surface area contributed by atoms with Crippen molar-refractivity contribution in [2.45, 2.75) is 59.6 Å². The Kier molecular flexibility index (Phi) is 8.76. The Labute approximate surface area is 256 Å². The average Bonchev–Trinajstić information content (AvgIpc) is 3.52. The fourth-order valence-corrected chi connectivity index (χ4v) is 6.77. The lowest BCUT2D eigenvalue weighted by Crippen LogP contribution is -2.51. The second-order valence-electron chi connectivity index (χ2n) is 11.3. The maximum absolute atomic E-state index is 14.0. The number of aryl methyl sites for hydroxylation is 1. The molecule has 0 radical (unpaired) electrons. The molecular weight excluding hydrogens is 626 g/mol. The molecule has 0 atom stereocenters. The van der Waals surface area contributed by atoms with Crippen LogP contribution in [0.4, 0.5) is 15.5 Å². The van der Waals surface area contributed by atoms with Gasteiger partial charge in [0.25, 0.3) is 5.56 Å². The molecular formula is C28H36BrN7O5S. The number of nitrogens with one attached hydrogen (secondary N) is 1. The normalized spacial score (nSPS) is 16.1. The van der Waals surface area contributed by atoms with E-state index in [2.05, 4.69) is 26.3 Å². The summed E-state index contributed by atoms with van der Waals surface area (Å²) in [6.45, 7) is 12.1. The summed E-state index contributed by atoms with van der Waals surface area (Å²) in [5, 5.41) is 8.34. The highest BCUT2D eigenvalue weighted by molar-refractivity contribution is 9.10. The van der Waals surface area contributed by atoms with Gasteiger partial charge in [-0.05, 0) is 68.1 Å². The number of piperazine rings is 1. The Bertz CT molecular complexity index is 1590. The van der Waals surface area contributed by atoms with E-state index >= 15 is 0 Å². The molecule has 0 aliphatic carbocycles. The lowest BCUT2D eigenvalue weighted by atomic mass is 10.1. The summed E-state index contributed by atoms with van der Waals surface area (Å²) < 4.78 is 14.9. The molecule has 1 fully saturated rings. The Morgan fingerprint density at radius 2 is 1.95 bits per heavy atom. The van der Waals surface area contributed by atoms with Gasteiger partial charge in [-0.15, -0.1) is 16.4 Å². The van der Waals surface area contributed by atoms with Crippen LogP contribution in [-0.2, 0) is 27.2 Å². The summed E-state index contributed by atoms with van der Waals surface area (Å²) in [6, 6.07) is 1.96. The van der Waals surface area contributed by atoms with Gasteiger partial charge in [-0.2, -0.15) is 9.50 Å². The minimum Gasteiger partial charge on any atom is -0.444 e. The SMILES string of the molecule is CCc1c(N2CCN(C(=O)OC(C)(C)C)CC2)c(=O)n2nc(C3=CCOCC3)nc2n1CC(=O)Nc1sc(C)cc1Br. The number of carbonyl (C=O) groups is 2. The first-order valence-electron chi connectivity index (χ1n) is 14.0. The molecule has 2 amide bonds. The van der Waals surface area contributed by atoms with Gasteiger partial charge in [0.15, 0.2) is 5.82 Å². The summed E-state index contributed by atoms with van der Waals surface area (Å²) in [6.07, 6.45) is 2.68. The number of hydrogen-bond donors (Lipinski definition) is 1. The molecule has 3 aromatic heterocycles. The van der Waals surface area contributed by atoms with Crippen LogP contribution in [-0.4, -0.2) is 81.1 Å². The van der Waals surface area contributed by atoms with E-state index in [0.29, 0.717) is 75.2 Å².